The molecule has 0 unspecified atom stereocenters. The molecule has 0 spiro atoms. The average Bonchev–Trinajstić information content (AvgIpc) is 2.54. The SMILES string of the molecule is CC(C)N1CCC(NC(=O)c2ccc3c(c2)NC(=O)CS3)CC1. The van der Waals surface area contributed by atoms with Gasteiger partial charge in [0.1, 0.15) is 0 Å². The van der Waals surface area contributed by atoms with E-state index < -0.39 is 0 Å². The summed E-state index contributed by atoms with van der Waals surface area (Å²) < 4.78 is 0. The van der Waals surface area contributed by atoms with E-state index >= 15 is 0 Å². The first-order valence-corrected chi connectivity index (χ1v) is 9.13. The Morgan fingerprint density at radius 3 is 2.78 bits per heavy atom. The highest BCUT2D eigenvalue weighted by Gasteiger charge is 2.23. The summed E-state index contributed by atoms with van der Waals surface area (Å²) in [7, 11) is 0. The van der Waals surface area contributed by atoms with Crippen LogP contribution in [0.1, 0.15) is 37.0 Å². The van der Waals surface area contributed by atoms with Crippen LogP contribution in [0.3, 0.4) is 0 Å². The van der Waals surface area contributed by atoms with E-state index in [0.29, 0.717) is 17.4 Å². The molecule has 1 fully saturated rings. The third-order valence-corrected chi connectivity index (χ3v) is 5.54. The van der Waals surface area contributed by atoms with Crippen molar-refractivity contribution in [3.8, 4) is 0 Å². The zero-order valence-corrected chi connectivity index (χ0v) is 14.4. The normalized spacial score (nSPS) is 19.3. The van der Waals surface area contributed by atoms with Crippen molar-refractivity contribution in [1.29, 1.82) is 0 Å². The second-order valence-corrected chi connectivity index (χ2v) is 7.44. The van der Waals surface area contributed by atoms with Crippen LogP contribution in [0.15, 0.2) is 23.1 Å². The van der Waals surface area contributed by atoms with E-state index in [9.17, 15) is 9.59 Å². The second kappa shape index (κ2) is 6.93. The van der Waals surface area contributed by atoms with Gasteiger partial charge in [-0.1, -0.05) is 0 Å². The highest BCUT2D eigenvalue weighted by atomic mass is 32.2. The van der Waals surface area contributed by atoms with Gasteiger partial charge < -0.3 is 15.5 Å². The molecule has 5 nitrogen and oxygen atoms in total. The summed E-state index contributed by atoms with van der Waals surface area (Å²) in [6.45, 7) is 6.47. The fourth-order valence-corrected chi connectivity index (χ4v) is 3.84. The molecule has 0 atom stereocenters. The Hall–Kier alpha value is -1.53. The zero-order valence-electron chi connectivity index (χ0n) is 13.6. The van der Waals surface area contributed by atoms with Gasteiger partial charge in [0, 0.05) is 35.6 Å². The summed E-state index contributed by atoms with van der Waals surface area (Å²) in [6.07, 6.45) is 1.98. The van der Waals surface area contributed by atoms with Crippen molar-refractivity contribution in [1.82, 2.24) is 10.2 Å². The molecule has 3 rings (SSSR count). The summed E-state index contributed by atoms with van der Waals surface area (Å²) in [4.78, 5) is 27.4. The number of benzene rings is 1. The van der Waals surface area contributed by atoms with Gasteiger partial charge in [-0.3, -0.25) is 9.59 Å². The summed E-state index contributed by atoms with van der Waals surface area (Å²) in [6, 6.07) is 6.32. The van der Waals surface area contributed by atoms with E-state index in [-0.39, 0.29) is 17.9 Å². The van der Waals surface area contributed by atoms with Crippen molar-refractivity contribution in [2.24, 2.45) is 0 Å². The maximum atomic E-state index is 12.5. The number of amides is 2. The number of carbonyl (C=O) groups excluding carboxylic acids is 2. The molecule has 0 bridgehead atoms. The van der Waals surface area contributed by atoms with Crippen LogP contribution in [0.2, 0.25) is 0 Å². The first-order valence-electron chi connectivity index (χ1n) is 8.14. The van der Waals surface area contributed by atoms with Gasteiger partial charge in [-0.15, -0.1) is 11.8 Å². The lowest BCUT2D eigenvalue weighted by Gasteiger charge is -2.34. The van der Waals surface area contributed by atoms with Crippen LogP contribution in [-0.4, -0.2) is 47.6 Å². The van der Waals surface area contributed by atoms with E-state index in [4.69, 9.17) is 0 Å². The first-order chi connectivity index (χ1) is 11.0. The number of nitrogens with zero attached hydrogens (tertiary/aromatic N) is 1. The summed E-state index contributed by atoms with van der Waals surface area (Å²) >= 11 is 1.51. The number of rotatable bonds is 3. The first kappa shape index (κ1) is 16.3. The Balaban J connectivity index is 1.61. The summed E-state index contributed by atoms with van der Waals surface area (Å²) in [5.74, 6) is 0.370. The minimum Gasteiger partial charge on any atom is -0.349 e. The van der Waals surface area contributed by atoms with Crippen molar-refractivity contribution in [2.75, 3.05) is 24.2 Å². The average molecular weight is 333 g/mol. The third kappa shape index (κ3) is 3.87. The highest BCUT2D eigenvalue weighted by Crippen LogP contribution is 2.32. The van der Waals surface area contributed by atoms with Gasteiger partial charge in [-0.2, -0.15) is 0 Å². The number of hydrogen-bond acceptors (Lipinski definition) is 4. The van der Waals surface area contributed by atoms with Gasteiger partial charge in [0.2, 0.25) is 5.91 Å². The molecule has 2 heterocycles. The van der Waals surface area contributed by atoms with Gasteiger partial charge in [-0.05, 0) is 44.9 Å². The maximum absolute atomic E-state index is 12.5. The lowest BCUT2D eigenvalue weighted by atomic mass is 10.0. The summed E-state index contributed by atoms with van der Waals surface area (Å²) in [5, 5.41) is 5.96. The number of carbonyl (C=O) groups is 2. The zero-order chi connectivity index (χ0) is 16.4. The fourth-order valence-electron chi connectivity index (χ4n) is 3.05. The van der Waals surface area contributed by atoms with Crippen molar-refractivity contribution < 1.29 is 9.59 Å². The Bertz CT molecular complexity index is 610. The van der Waals surface area contributed by atoms with Gasteiger partial charge in [0.05, 0.1) is 11.4 Å². The van der Waals surface area contributed by atoms with Crippen LogP contribution in [0.25, 0.3) is 0 Å². The standard InChI is InChI=1S/C17H23N3O2S/c1-11(2)20-7-5-13(6-8-20)18-17(22)12-3-4-15-14(9-12)19-16(21)10-23-15/h3-4,9,11,13H,5-8,10H2,1-2H3,(H,18,22)(H,19,21). The van der Waals surface area contributed by atoms with Crippen LogP contribution in [0, 0.1) is 0 Å². The Labute approximate surface area is 141 Å². The van der Waals surface area contributed by atoms with E-state index in [0.717, 1.165) is 36.5 Å². The van der Waals surface area contributed by atoms with Gasteiger partial charge >= 0.3 is 0 Å². The van der Waals surface area contributed by atoms with Crippen LogP contribution in [0.5, 0.6) is 0 Å². The summed E-state index contributed by atoms with van der Waals surface area (Å²) in [5.41, 5.74) is 1.35. The molecule has 2 N–H and O–H groups in total. The maximum Gasteiger partial charge on any atom is 0.251 e. The van der Waals surface area contributed by atoms with Gasteiger partial charge in [0.25, 0.3) is 5.91 Å². The highest BCUT2D eigenvalue weighted by molar-refractivity contribution is 8.00. The van der Waals surface area contributed by atoms with Crippen LogP contribution >= 0.6 is 11.8 Å². The molecule has 0 saturated carbocycles. The lowest BCUT2D eigenvalue weighted by Crippen LogP contribution is -2.46. The largest absolute Gasteiger partial charge is 0.349 e. The smallest absolute Gasteiger partial charge is 0.251 e. The molecule has 2 aliphatic rings. The molecule has 0 aliphatic carbocycles. The number of fused-ring (bicyclic) bond motifs is 1. The van der Waals surface area contributed by atoms with Crippen molar-refractivity contribution in [2.45, 2.75) is 43.7 Å². The monoisotopic (exact) mass is 333 g/mol. The molecule has 0 radical (unpaired) electrons. The van der Waals surface area contributed by atoms with Gasteiger partial charge in [0.15, 0.2) is 0 Å². The predicted molar refractivity (Wildman–Crippen MR) is 93.0 cm³/mol. The minimum atomic E-state index is -0.0550. The van der Waals surface area contributed by atoms with Crippen LogP contribution in [0.4, 0.5) is 5.69 Å². The molecule has 0 aromatic heterocycles. The predicted octanol–water partition coefficient (Wildman–Crippen LogP) is 2.33. The topological polar surface area (TPSA) is 61.4 Å². The Morgan fingerprint density at radius 1 is 1.35 bits per heavy atom. The van der Waals surface area contributed by atoms with Crippen molar-refractivity contribution in [3.05, 3.63) is 23.8 Å². The number of thioether (sulfide) groups is 1. The molecular formula is C17H23N3O2S. The van der Waals surface area contributed by atoms with E-state index in [1.165, 1.54) is 11.8 Å². The number of likely N-dealkylation sites (tertiary alicyclic amines) is 1. The minimum absolute atomic E-state index is 0.0129. The van der Waals surface area contributed by atoms with Crippen molar-refractivity contribution in [3.63, 3.8) is 0 Å². The molecule has 1 aromatic carbocycles. The number of piperidine rings is 1. The second-order valence-electron chi connectivity index (χ2n) is 6.43. The Morgan fingerprint density at radius 2 is 2.09 bits per heavy atom. The molecule has 2 amide bonds. The number of nitrogens with one attached hydrogen (secondary N) is 2. The molecule has 2 aliphatic heterocycles. The quantitative estimate of drug-likeness (QED) is 0.891. The van der Waals surface area contributed by atoms with E-state index in [2.05, 4.69) is 29.4 Å². The number of anilines is 1. The van der Waals surface area contributed by atoms with E-state index in [1.807, 2.05) is 12.1 Å². The van der Waals surface area contributed by atoms with Crippen molar-refractivity contribution >= 4 is 29.3 Å². The van der Waals surface area contributed by atoms with Crippen LogP contribution < -0.4 is 10.6 Å². The fraction of sp³-hybridized carbons (Fsp3) is 0.529. The molecule has 6 heteroatoms. The molecule has 1 saturated heterocycles. The van der Waals surface area contributed by atoms with Gasteiger partial charge in [-0.25, -0.2) is 0 Å². The van der Waals surface area contributed by atoms with Crippen LogP contribution in [-0.2, 0) is 4.79 Å². The molecule has 23 heavy (non-hydrogen) atoms. The Kier molecular flexibility index (Phi) is 4.92. The molecular weight excluding hydrogens is 310 g/mol. The lowest BCUT2D eigenvalue weighted by molar-refractivity contribution is -0.113. The molecule has 1 aromatic rings. The van der Waals surface area contributed by atoms with E-state index in [1.54, 1.807) is 6.07 Å². The molecule has 124 valence electrons. The number of hydrogen-bond donors (Lipinski definition) is 2. The third-order valence-electron chi connectivity index (χ3n) is 4.47.